The van der Waals surface area contributed by atoms with Gasteiger partial charge in [-0.3, -0.25) is 4.90 Å². The first-order valence-electron chi connectivity index (χ1n) is 11.7. The van der Waals surface area contributed by atoms with E-state index in [2.05, 4.69) is 65.6 Å². The van der Waals surface area contributed by atoms with Crippen molar-refractivity contribution in [1.82, 2.24) is 15.1 Å². The van der Waals surface area contributed by atoms with Crippen LogP contribution in [0.25, 0.3) is 0 Å². The normalized spacial score (nSPS) is 16.2. The molecule has 2 N–H and O–H groups in total. The summed E-state index contributed by atoms with van der Waals surface area (Å²) in [6, 6.07) is 16.9. The van der Waals surface area contributed by atoms with E-state index in [0.717, 1.165) is 50.1 Å². The van der Waals surface area contributed by atoms with Crippen LogP contribution in [-0.4, -0.2) is 67.7 Å². The van der Waals surface area contributed by atoms with Crippen molar-refractivity contribution in [2.75, 3.05) is 45.1 Å². The Bertz CT molecular complexity index is 863. The number of piperazine rings is 1. The maximum absolute atomic E-state index is 5.76. The molecule has 0 saturated carbocycles. The molecule has 182 valence electrons. The number of hydrogen-bond acceptors (Lipinski definition) is 4. The van der Waals surface area contributed by atoms with Gasteiger partial charge in [0.1, 0.15) is 5.75 Å². The van der Waals surface area contributed by atoms with Crippen LogP contribution in [0.3, 0.4) is 0 Å². The molecule has 1 heterocycles. The van der Waals surface area contributed by atoms with Crippen LogP contribution < -0.4 is 15.4 Å². The molecule has 2 aromatic carbocycles. The molecular weight excluding hydrogens is 525 g/mol. The zero-order chi connectivity index (χ0) is 22.9. The standard InChI is InChI=1S/C26H39N5O.HI/c1-20(2)32-25-12-10-24(11-13-25)29-26(28-19-23-9-7-6-8-21(23)3)27-18-22(4)31-16-14-30(5)15-17-31;/h6-13,20,22H,14-19H2,1-5H3,(H2,27,28,29);1H. The molecule has 33 heavy (non-hydrogen) atoms. The van der Waals surface area contributed by atoms with Gasteiger partial charge >= 0.3 is 0 Å². The van der Waals surface area contributed by atoms with E-state index in [9.17, 15) is 0 Å². The Morgan fingerprint density at radius 3 is 2.30 bits per heavy atom. The quantitative estimate of drug-likeness (QED) is 0.279. The number of aliphatic imine (C=N–C) groups is 1. The predicted molar refractivity (Wildman–Crippen MR) is 150 cm³/mol. The van der Waals surface area contributed by atoms with Gasteiger partial charge in [-0.05, 0) is 70.1 Å². The zero-order valence-corrected chi connectivity index (χ0v) is 23.0. The first-order valence-corrected chi connectivity index (χ1v) is 11.7. The van der Waals surface area contributed by atoms with Crippen LogP contribution in [0.5, 0.6) is 5.75 Å². The molecule has 1 aliphatic heterocycles. The van der Waals surface area contributed by atoms with Crippen LogP contribution in [-0.2, 0) is 6.54 Å². The van der Waals surface area contributed by atoms with Crippen molar-refractivity contribution < 1.29 is 4.74 Å². The lowest BCUT2D eigenvalue weighted by molar-refractivity contribution is 0.120. The highest BCUT2D eigenvalue weighted by atomic mass is 127. The van der Waals surface area contributed by atoms with E-state index >= 15 is 0 Å². The summed E-state index contributed by atoms with van der Waals surface area (Å²) in [4.78, 5) is 9.82. The molecule has 7 heteroatoms. The summed E-state index contributed by atoms with van der Waals surface area (Å²) in [5.74, 6) is 1.67. The Labute approximate surface area is 216 Å². The number of ether oxygens (including phenoxy) is 1. The number of benzene rings is 2. The lowest BCUT2D eigenvalue weighted by Crippen LogP contribution is -2.51. The summed E-state index contributed by atoms with van der Waals surface area (Å²) in [5.41, 5.74) is 3.49. The Kier molecular flexibility index (Phi) is 11.4. The van der Waals surface area contributed by atoms with E-state index < -0.39 is 0 Å². The van der Waals surface area contributed by atoms with Crippen molar-refractivity contribution >= 4 is 35.6 Å². The van der Waals surface area contributed by atoms with E-state index in [1.54, 1.807) is 0 Å². The van der Waals surface area contributed by atoms with Crippen molar-refractivity contribution in [2.45, 2.75) is 46.4 Å². The third-order valence-electron chi connectivity index (χ3n) is 5.88. The minimum atomic E-state index is 0. The minimum Gasteiger partial charge on any atom is -0.491 e. The predicted octanol–water partition coefficient (Wildman–Crippen LogP) is 4.59. The number of guanidine groups is 1. The minimum absolute atomic E-state index is 0. The van der Waals surface area contributed by atoms with Crippen LogP contribution >= 0.6 is 24.0 Å². The molecule has 1 saturated heterocycles. The van der Waals surface area contributed by atoms with E-state index in [1.807, 2.05) is 38.1 Å². The molecule has 1 fully saturated rings. The fourth-order valence-corrected chi connectivity index (χ4v) is 3.75. The molecule has 0 aromatic heterocycles. The van der Waals surface area contributed by atoms with Gasteiger partial charge in [0.2, 0.25) is 0 Å². The number of likely N-dealkylation sites (N-methyl/N-ethyl adjacent to an activating group) is 1. The lowest BCUT2D eigenvalue weighted by Gasteiger charge is -2.36. The average molecular weight is 566 g/mol. The monoisotopic (exact) mass is 565 g/mol. The second-order valence-electron chi connectivity index (χ2n) is 8.98. The smallest absolute Gasteiger partial charge is 0.196 e. The number of aryl methyl sites for hydroxylation is 1. The van der Waals surface area contributed by atoms with Gasteiger partial charge in [-0.2, -0.15) is 0 Å². The van der Waals surface area contributed by atoms with Gasteiger partial charge in [0.25, 0.3) is 0 Å². The molecular formula is C26H40IN5O. The zero-order valence-electron chi connectivity index (χ0n) is 20.7. The van der Waals surface area contributed by atoms with Crippen molar-refractivity contribution in [2.24, 2.45) is 4.99 Å². The van der Waals surface area contributed by atoms with E-state index in [4.69, 9.17) is 9.73 Å². The Morgan fingerprint density at radius 1 is 1.00 bits per heavy atom. The maximum Gasteiger partial charge on any atom is 0.196 e. The third-order valence-corrected chi connectivity index (χ3v) is 5.88. The Balaban J connectivity index is 0.00000385. The van der Waals surface area contributed by atoms with Crippen LogP contribution in [0.4, 0.5) is 5.69 Å². The van der Waals surface area contributed by atoms with Crippen molar-refractivity contribution in [3.63, 3.8) is 0 Å². The molecule has 1 atom stereocenters. The highest BCUT2D eigenvalue weighted by Crippen LogP contribution is 2.17. The van der Waals surface area contributed by atoms with Gasteiger partial charge in [0, 0.05) is 44.5 Å². The molecule has 6 nitrogen and oxygen atoms in total. The summed E-state index contributed by atoms with van der Waals surface area (Å²) in [7, 11) is 2.19. The maximum atomic E-state index is 5.76. The largest absolute Gasteiger partial charge is 0.491 e. The van der Waals surface area contributed by atoms with Gasteiger partial charge in [-0.15, -0.1) is 24.0 Å². The number of anilines is 1. The first kappa shape index (κ1) is 27.4. The van der Waals surface area contributed by atoms with Crippen LogP contribution in [0.1, 0.15) is 31.9 Å². The molecule has 0 aliphatic carbocycles. The van der Waals surface area contributed by atoms with E-state index in [0.29, 0.717) is 12.6 Å². The lowest BCUT2D eigenvalue weighted by atomic mass is 10.1. The molecule has 1 unspecified atom stereocenters. The summed E-state index contributed by atoms with van der Waals surface area (Å²) in [6.45, 7) is 14.5. The number of hydrogen-bond donors (Lipinski definition) is 2. The van der Waals surface area contributed by atoms with Crippen LogP contribution in [0, 0.1) is 6.92 Å². The SMILES string of the molecule is Cc1ccccc1CN=C(NCC(C)N1CCN(C)CC1)Nc1ccc(OC(C)C)cc1.I. The van der Waals surface area contributed by atoms with Crippen molar-refractivity contribution in [1.29, 1.82) is 0 Å². The molecule has 2 aromatic rings. The second kappa shape index (κ2) is 13.8. The average Bonchev–Trinajstić information content (AvgIpc) is 2.77. The molecule has 0 amide bonds. The number of nitrogens with zero attached hydrogens (tertiary/aromatic N) is 3. The Hall–Kier alpha value is -1.84. The van der Waals surface area contributed by atoms with Crippen LogP contribution in [0.15, 0.2) is 53.5 Å². The van der Waals surface area contributed by atoms with Gasteiger partial charge in [-0.25, -0.2) is 4.99 Å². The number of halogens is 1. The highest BCUT2D eigenvalue weighted by Gasteiger charge is 2.19. The van der Waals surface area contributed by atoms with Gasteiger partial charge in [-0.1, -0.05) is 24.3 Å². The third kappa shape index (κ3) is 9.14. The number of nitrogens with one attached hydrogen (secondary N) is 2. The van der Waals surface area contributed by atoms with E-state index in [1.165, 1.54) is 11.1 Å². The summed E-state index contributed by atoms with van der Waals surface area (Å²) < 4.78 is 5.76. The molecule has 0 spiro atoms. The fourth-order valence-electron chi connectivity index (χ4n) is 3.75. The van der Waals surface area contributed by atoms with Gasteiger partial charge in [0.15, 0.2) is 5.96 Å². The summed E-state index contributed by atoms with van der Waals surface area (Å²) in [5, 5.41) is 7.04. The Morgan fingerprint density at radius 2 is 1.67 bits per heavy atom. The second-order valence-corrected chi connectivity index (χ2v) is 8.98. The van der Waals surface area contributed by atoms with Crippen molar-refractivity contribution in [3.8, 4) is 5.75 Å². The molecule has 3 rings (SSSR count). The molecule has 0 bridgehead atoms. The van der Waals surface area contributed by atoms with Crippen LogP contribution in [0.2, 0.25) is 0 Å². The van der Waals surface area contributed by atoms with Gasteiger partial charge in [0.05, 0.1) is 12.6 Å². The summed E-state index contributed by atoms with van der Waals surface area (Å²) in [6.07, 6.45) is 0.165. The molecule has 0 radical (unpaired) electrons. The van der Waals surface area contributed by atoms with Crippen molar-refractivity contribution in [3.05, 3.63) is 59.7 Å². The number of rotatable bonds is 8. The van der Waals surface area contributed by atoms with E-state index in [-0.39, 0.29) is 30.1 Å². The summed E-state index contributed by atoms with van der Waals surface area (Å²) >= 11 is 0. The first-order chi connectivity index (χ1) is 15.4. The fraction of sp³-hybridized carbons (Fsp3) is 0.500. The molecule has 1 aliphatic rings. The highest BCUT2D eigenvalue weighted by molar-refractivity contribution is 14.0. The van der Waals surface area contributed by atoms with Gasteiger partial charge < -0.3 is 20.3 Å². The topological polar surface area (TPSA) is 52.1 Å².